The number of aromatic nitrogens is 1. The van der Waals surface area contributed by atoms with Crippen LogP contribution in [0.4, 0.5) is 10.6 Å². The number of pyridine rings is 1. The van der Waals surface area contributed by atoms with E-state index in [9.17, 15) is 4.79 Å². The van der Waals surface area contributed by atoms with Crippen LogP contribution in [0.1, 0.15) is 33.6 Å². The summed E-state index contributed by atoms with van der Waals surface area (Å²) in [5, 5.41) is 0. The molecule has 1 saturated carbocycles. The Labute approximate surface area is 130 Å². The van der Waals surface area contributed by atoms with Crippen LogP contribution in [0.25, 0.3) is 0 Å². The molecule has 1 aliphatic carbocycles. The van der Waals surface area contributed by atoms with E-state index in [1.165, 1.54) is 0 Å². The normalized spacial score (nSPS) is 22.7. The standard InChI is InChI=1S/C16H23N3O3/c1-15(2,3)22-14(20)19-9-12(16(10-19)6-7-16)21-11-5-4-8-18-13(11)17/h4-5,8,12H,6-7,9-10H2,1-3H3,(H2,17,18). The van der Waals surface area contributed by atoms with E-state index < -0.39 is 5.60 Å². The summed E-state index contributed by atoms with van der Waals surface area (Å²) in [5.74, 6) is 0.971. The Hall–Kier alpha value is -1.98. The van der Waals surface area contributed by atoms with Crippen LogP contribution < -0.4 is 10.5 Å². The van der Waals surface area contributed by atoms with Gasteiger partial charge in [0.1, 0.15) is 11.7 Å². The van der Waals surface area contributed by atoms with Gasteiger partial charge in [0.2, 0.25) is 0 Å². The summed E-state index contributed by atoms with van der Waals surface area (Å²) >= 11 is 0. The first kappa shape index (κ1) is 14.9. The van der Waals surface area contributed by atoms with Crippen molar-refractivity contribution in [2.45, 2.75) is 45.3 Å². The lowest BCUT2D eigenvalue weighted by Crippen LogP contribution is -2.36. The Bertz CT molecular complexity index is 578. The highest BCUT2D eigenvalue weighted by Crippen LogP contribution is 2.54. The number of hydrogen-bond donors (Lipinski definition) is 1. The van der Waals surface area contributed by atoms with Gasteiger partial charge in [-0.1, -0.05) is 0 Å². The third-order valence-corrected chi connectivity index (χ3v) is 4.19. The largest absolute Gasteiger partial charge is 0.484 e. The van der Waals surface area contributed by atoms with Crippen molar-refractivity contribution in [1.82, 2.24) is 9.88 Å². The van der Waals surface area contributed by atoms with E-state index in [0.717, 1.165) is 12.8 Å². The van der Waals surface area contributed by atoms with Gasteiger partial charge in [-0.15, -0.1) is 0 Å². The van der Waals surface area contributed by atoms with Gasteiger partial charge < -0.3 is 20.1 Å². The molecule has 1 aliphatic heterocycles. The molecule has 2 aliphatic rings. The van der Waals surface area contributed by atoms with Crippen molar-refractivity contribution in [3.8, 4) is 5.75 Å². The van der Waals surface area contributed by atoms with Gasteiger partial charge in [0.15, 0.2) is 11.6 Å². The van der Waals surface area contributed by atoms with Crippen molar-refractivity contribution >= 4 is 11.9 Å². The maximum absolute atomic E-state index is 12.3. The van der Waals surface area contributed by atoms with Gasteiger partial charge in [0.05, 0.1) is 6.54 Å². The number of nitrogens with two attached hydrogens (primary N) is 1. The second kappa shape index (κ2) is 5.04. The number of carbonyl (C=O) groups excluding carboxylic acids is 1. The van der Waals surface area contributed by atoms with E-state index in [0.29, 0.717) is 24.7 Å². The van der Waals surface area contributed by atoms with E-state index in [1.807, 2.05) is 26.8 Å². The van der Waals surface area contributed by atoms with E-state index in [4.69, 9.17) is 15.2 Å². The van der Waals surface area contributed by atoms with Crippen LogP contribution >= 0.6 is 0 Å². The summed E-state index contributed by atoms with van der Waals surface area (Å²) in [6.07, 6.45) is 3.45. The number of likely N-dealkylation sites (tertiary alicyclic amines) is 1. The zero-order chi connectivity index (χ0) is 16.0. The number of anilines is 1. The lowest BCUT2D eigenvalue weighted by atomic mass is 10.0. The maximum atomic E-state index is 12.3. The number of amides is 1. The average Bonchev–Trinajstić information content (AvgIpc) is 3.08. The second-order valence-electron chi connectivity index (χ2n) is 7.22. The molecule has 2 heterocycles. The molecule has 6 heteroatoms. The van der Waals surface area contributed by atoms with Gasteiger partial charge in [-0.05, 0) is 45.7 Å². The second-order valence-corrected chi connectivity index (χ2v) is 7.22. The monoisotopic (exact) mass is 305 g/mol. The van der Waals surface area contributed by atoms with Crippen LogP contribution in [0.5, 0.6) is 5.75 Å². The minimum Gasteiger partial charge on any atom is -0.484 e. The zero-order valence-electron chi connectivity index (χ0n) is 13.3. The first-order valence-electron chi connectivity index (χ1n) is 7.64. The summed E-state index contributed by atoms with van der Waals surface area (Å²) in [7, 11) is 0. The zero-order valence-corrected chi connectivity index (χ0v) is 13.3. The van der Waals surface area contributed by atoms with Crippen LogP contribution in [-0.4, -0.2) is 40.8 Å². The first-order chi connectivity index (χ1) is 10.3. The molecule has 0 aromatic carbocycles. The van der Waals surface area contributed by atoms with Crippen molar-refractivity contribution in [2.24, 2.45) is 5.41 Å². The van der Waals surface area contributed by atoms with E-state index in [-0.39, 0.29) is 17.6 Å². The van der Waals surface area contributed by atoms with Crippen LogP contribution in [0.2, 0.25) is 0 Å². The van der Waals surface area contributed by atoms with E-state index in [1.54, 1.807) is 17.2 Å². The molecular weight excluding hydrogens is 282 g/mol. The lowest BCUT2D eigenvalue weighted by molar-refractivity contribution is 0.0274. The molecule has 0 bridgehead atoms. The van der Waals surface area contributed by atoms with Crippen molar-refractivity contribution < 1.29 is 14.3 Å². The third-order valence-electron chi connectivity index (χ3n) is 4.19. The van der Waals surface area contributed by atoms with Crippen LogP contribution in [0, 0.1) is 5.41 Å². The number of rotatable bonds is 2. The van der Waals surface area contributed by atoms with Gasteiger partial charge in [-0.3, -0.25) is 0 Å². The lowest BCUT2D eigenvalue weighted by Gasteiger charge is -2.24. The van der Waals surface area contributed by atoms with Gasteiger partial charge in [0, 0.05) is 18.2 Å². The summed E-state index contributed by atoms with van der Waals surface area (Å²) in [6, 6.07) is 3.61. The highest BCUT2D eigenvalue weighted by Gasteiger charge is 2.58. The summed E-state index contributed by atoms with van der Waals surface area (Å²) in [5.41, 5.74) is 5.41. The topological polar surface area (TPSA) is 77.7 Å². The van der Waals surface area contributed by atoms with Crippen molar-refractivity contribution in [3.63, 3.8) is 0 Å². The van der Waals surface area contributed by atoms with Gasteiger partial charge in [0.25, 0.3) is 0 Å². The molecule has 1 aromatic heterocycles. The van der Waals surface area contributed by atoms with Crippen LogP contribution in [-0.2, 0) is 4.74 Å². The number of ether oxygens (including phenoxy) is 2. The minimum atomic E-state index is -0.486. The summed E-state index contributed by atoms with van der Waals surface area (Å²) < 4.78 is 11.5. The molecule has 0 radical (unpaired) electrons. The molecule has 2 fully saturated rings. The molecule has 120 valence electrons. The van der Waals surface area contributed by atoms with E-state index >= 15 is 0 Å². The molecule has 1 unspecified atom stereocenters. The Morgan fingerprint density at radius 2 is 2.18 bits per heavy atom. The molecule has 1 aromatic rings. The maximum Gasteiger partial charge on any atom is 0.410 e. The summed E-state index contributed by atoms with van der Waals surface area (Å²) in [6.45, 7) is 6.84. The first-order valence-corrected chi connectivity index (χ1v) is 7.64. The van der Waals surface area contributed by atoms with Crippen LogP contribution in [0.3, 0.4) is 0 Å². The van der Waals surface area contributed by atoms with Crippen molar-refractivity contribution in [2.75, 3.05) is 18.8 Å². The molecule has 2 N–H and O–H groups in total. The fourth-order valence-electron chi connectivity index (χ4n) is 2.86. The fourth-order valence-corrected chi connectivity index (χ4v) is 2.86. The number of nitrogen functional groups attached to an aromatic ring is 1. The Morgan fingerprint density at radius 3 is 2.77 bits per heavy atom. The quantitative estimate of drug-likeness (QED) is 0.908. The molecule has 1 spiro atoms. The minimum absolute atomic E-state index is 0.0495. The Balaban J connectivity index is 1.69. The molecule has 1 atom stereocenters. The van der Waals surface area contributed by atoms with E-state index in [2.05, 4.69) is 4.98 Å². The van der Waals surface area contributed by atoms with Gasteiger partial charge >= 0.3 is 6.09 Å². The molecular formula is C16H23N3O3. The molecule has 22 heavy (non-hydrogen) atoms. The molecule has 1 saturated heterocycles. The average molecular weight is 305 g/mol. The SMILES string of the molecule is CC(C)(C)OC(=O)N1CC(Oc2cccnc2N)C2(CC2)C1. The summed E-state index contributed by atoms with van der Waals surface area (Å²) in [4.78, 5) is 18.0. The predicted molar refractivity (Wildman–Crippen MR) is 82.5 cm³/mol. The van der Waals surface area contributed by atoms with Gasteiger partial charge in [-0.25, -0.2) is 9.78 Å². The van der Waals surface area contributed by atoms with Crippen LogP contribution in [0.15, 0.2) is 18.3 Å². The molecule has 3 rings (SSSR count). The third kappa shape index (κ3) is 2.96. The van der Waals surface area contributed by atoms with Crippen molar-refractivity contribution in [1.29, 1.82) is 0 Å². The Kier molecular flexibility index (Phi) is 3.42. The molecule has 1 amide bonds. The highest BCUT2D eigenvalue weighted by molar-refractivity contribution is 5.69. The fraction of sp³-hybridized carbons (Fsp3) is 0.625. The number of carbonyl (C=O) groups is 1. The molecule has 6 nitrogen and oxygen atoms in total. The number of hydrogen-bond acceptors (Lipinski definition) is 5. The van der Waals surface area contributed by atoms with Gasteiger partial charge in [-0.2, -0.15) is 0 Å². The van der Waals surface area contributed by atoms with Crippen molar-refractivity contribution in [3.05, 3.63) is 18.3 Å². The Morgan fingerprint density at radius 1 is 1.45 bits per heavy atom. The predicted octanol–water partition coefficient (Wildman–Crippen LogP) is 2.44. The number of nitrogens with zero attached hydrogens (tertiary/aromatic N) is 2. The smallest absolute Gasteiger partial charge is 0.410 e. The highest BCUT2D eigenvalue weighted by atomic mass is 16.6.